The molecule has 1 heterocycles. The van der Waals surface area contributed by atoms with Crippen molar-refractivity contribution in [1.29, 1.82) is 0 Å². The number of carboxylic acids is 1. The molecule has 4 atom stereocenters. The summed E-state index contributed by atoms with van der Waals surface area (Å²) in [5.41, 5.74) is 1.24. The maximum Gasteiger partial charge on any atom is 0.341 e. The highest BCUT2D eigenvalue weighted by atomic mass is 32.1. The number of amides is 1. The number of carboxylic acid groups (broad SMARTS) is 1. The molecule has 0 spiro atoms. The molecule has 1 aromatic heterocycles. The van der Waals surface area contributed by atoms with Crippen LogP contribution in [0, 0.1) is 30.6 Å². The van der Waals surface area contributed by atoms with Crippen LogP contribution in [0.3, 0.4) is 0 Å². The van der Waals surface area contributed by atoms with Crippen molar-refractivity contribution in [2.24, 2.45) is 23.7 Å². The molecular weight excluding hydrogens is 354 g/mol. The highest BCUT2D eigenvalue weighted by Crippen LogP contribution is 2.46. The van der Waals surface area contributed by atoms with Gasteiger partial charge in [0.1, 0.15) is 5.00 Å². The molecule has 1 fully saturated rings. The van der Waals surface area contributed by atoms with Crippen LogP contribution in [-0.2, 0) is 20.7 Å². The van der Waals surface area contributed by atoms with Gasteiger partial charge in [0.05, 0.1) is 24.5 Å². The minimum Gasteiger partial charge on any atom is -0.481 e. The fourth-order valence-electron chi connectivity index (χ4n) is 4.29. The zero-order valence-corrected chi connectivity index (χ0v) is 15.9. The number of thiophene rings is 1. The van der Waals surface area contributed by atoms with Crippen LogP contribution in [0.2, 0.25) is 0 Å². The smallest absolute Gasteiger partial charge is 0.341 e. The highest BCUT2D eigenvalue weighted by molar-refractivity contribution is 7.16. The summed E-state index contributed by atoms with van der Waals surface area (Å²) in [6.45, 7) is 3.84. The Kier molecular flexibility index (Phi) is 5.18. The molecule has 0 aromatic carbocycles. The zero-order chi connectivity index (χ0) is 19.0. The third-order valence-electron chi connectivity index (χ3n) is 5.52. The van der Waals surface area contributed by atoms with Gasteiger partial charge >= 0.3 is 11.9 Å². The van der Waals surface area contributed by atoms with Gasteiger partial charge in [-0.25, -0.2) is 4.79 Å². The zero-order valence-electron chi connectivity index (χ0n) is 15.1. The summed E-state index contributed by atoms with van der Waals surface area (Å²) in [6, 6.07) is 0. The molecule has 3 aliphatic rings. The molecule has 1 amide bonds. The molecule has 6 nitrogen and oxygen atoms in total. The second kappa shape index (κ2) is 7.23. The highest BCUT2D eigenvalue weighted by Gasteiger charge is 2.48. The summed E-state index contributed by atoms with van der Waals surface area (Å²) in [4.78, 5) is 37.9. The van der Waals surface area contributed by atoms with Crippen LogP contribution < -0.4 is 5.32 Å². The van der Waals surface area contributed by atoms with E-state index < -0.39 is 23.8 Å². The summed E-state index contributed by atoms with van der Waals surface area (Å²) >= 11 is 1.33. The number of esters is 1. The Labute approximate surface area is 156 Å². The van der Waals surface area contributed by atoms with Crippen LogP contribution in [0.1, 0.15) is 40.6 Å². The first-order valence-corrected chi connectivity index (χ1v) is 9.63. The van der Waals surface area contributed by atoms with E-state index in [1.165, 1.54) is 18.4 Å². The number of hydrogen-bond donors (Lipinski definition) is 2. The lowest BCUT2D eigenvalue weighted by atomic mass is 9.62. The first-order valence-electron chi connectivity index (χ1n) is 8.81. The van der Waals surface area contributed by atoms with E-state index in [-0.39, 0.29) is 17.7 Å². The molecule has 4 rings (SSSR count). The Bertz CT molecular complexity index is 781. The summed E-state index contributed by atoms with van der Waals surface area (Å²) in [5.74, 6) is -3.26. The third kappa shape index (κ3) is 3.05. The van der Waals surface area contributed by atoms with E-state index in [4.69, 9.17) is 4.74 Å². The number of carbonyl (C=O) groups excluding carboxylic acids is 2. The first kappa shape index (κ1) is 18.6. The fourth-order valence-corrected chi connectivity index (χ4v) is 5.43. The molecule has 0 aliphatic heterocycles. The van der Waals surface area contributed by atoms with Gasteiger partial charge in [0, 0.05) is 4.88 Å². The van der Waals surface area contributed by atoms with Gasteiger partial charge < -0.3 is 15.2 Å². The van der Waals surface area contributed by atoms with Crippen LogP contribution in [0.15, 0.2) is 12.2 Å². The lowest BCUT2D eigenvalue weighted by molar-refractivity contribution is -0.151. The Balaban J connectivity index is 1.92. The molecule has 1 saturated carbocycles. The molecule has 2 bridgehead atoms. The monoisotopic (exact) mass is 377 g/mol. The van der Waals surface area contributed by atoms with Crippen molar-refractivity contribution in [2.45, 2.75) is 33.1 Å². The normalized spacial score (nSPS) is 26.6. The van der Waals surface area contributed by atoms with Gasteiger partial charge in [-0.15, -0.1) is 11.3 Å². The number of nitrogens with one attached hydrogen (secondary N) is 1. The lowest BCUT2D eigenvalue weighted by Gasteiger charge is -2.41. The summed E-state index contributed by atoms with van der Waals surface area (Å²) in [7, 11) is 1.31. The average molecular weight is 377 g/mol. The second-order valence-electron chi connectivity index (χ2n) is 6.86. The van der Waals surface area contributed by atoms with Gasteiger partial charge in [0.25, 0.3) is 0 Å². The molecule has 0 unspecified atom stereocenters. The number of carbonyl (C=O) groups is 3. The topological polar surface area (TPSA) is 92.7 Å². The van der Waals surface area contributed by atoms with Crippen molar-refractivity contribution in [1.82, 2.24) is 0 Å². The fraction of sp³-hybridized carbons (Fsp3) is 0.526. The van der Waals surface area contributed by atoms with E-state index in [2.05, 4.69) is 5.32 Å². The Morgan fingerprint density at radius 1 is 1.23 bits per heavy atom. The van der Waals surface area contributed by atoms with Crippen LogP contribution in [0.5, 0.6) is 0 Å². The largest absolute Gasteiger partial charge is 0.481 e. The quantitative estimate of drug-likeness (QED) is 0.607. The van der Waals surface area contributed by atoms with Crippen LogP contribution >= 0.6 is 11.3 Å². The van der Waals surface area contributed by atoms with Crippen molar-refractivity contribution in [3.63, 3.8) is 0 Å². The first-order chi connectivity index (χ1) is 12.4. The Morgan fingerprint density at radius 2 is 1.85 bits per heavy atom. The SMILES string of the molecule is CCc1c(C)sc(NC(=O)[C@@H]2[C@@H](C(=O)O)[C@H]3C=C[C@@H]2CC3)c1C(=O)OC. The number of aliphatic carboxylic acids is 1. The third-order valence-corrected chi connectivity index (χ3v) is 6.59. The van der Waals surface area contributed by atoms with E-state index in [1.807, 2.05) is 26.0 Å². The van der Waals surface area contributed by atoms with Gasteiger partial charge in [-0.1, -0.05) is 19.1 Å². The minimum atomic E-state index is -0.936. The number of hydrogen-bond acceptors (Lipinski definition) is 5. The van der Waals surface area contributed by atoms with Crippen molar-refractivity contribution < 1.29 is 24.2 Å². The predicted molar refractivity (Wildman–Crippen MR) is 98.4 cm³/mol. The maximum absolute atomic E-state index is 13.0. The van der Waals surface area contributed by atoms with E-state index in [0.29, 0.717) is 17.0 Å². The number of rotatable bonds is 5. The van der Waals surface area contributed by atoms with E-state index >= 15 is 0 Å². The van der Waals surface area contributed by atoms with Crippen molar-refractivity contribution in [3.05, 3.63) is 28.2 Å². The van der Waals surface area contributed by atoms with Gasteiger partial charge in [0.15, 0.2) is 0 Å². The van der Waals surface area contributed by atoms with Crippen molar-refractivity contribution >= 4 is 34.2 Å². The summed E-state index contributed by atoms with van der Waals surface area (Å²) in [6.07, 6.45) is 6.17. The van der Waals surface area contributed by atoms with Crippen LogP contribution in [0.4, 0.5) is 5.00 Å². The lowest BCUT2D eigenvalue weighted by Crippen LogP contribution is -2.47. The molecule has 3 aliphatic carbocycles. The van der Waals surface area contributed by atoms with E-state index in [1.54, 1.807) is 0 Å². The van der Waals surface area contributed by atoms with Crippen LogP contribution in [0.25, 0.3) is 0 Å². The maximum atomic E-state index is 13.0. The molecular formula is C19H23NO5S. The second-order valence-corrected chi connectivity index (χ2v) is 8.08. The number of aryl methyl sites for hydroxylation is 1. The van der Waals surface area contributed by atoms with Crippen molar-refractivity contribution in [3.8, 4) is 0 Å². The molecule has 26 heavy (non-hydrogen) atoms. The summed E-state index contributed by atoms with van der Waals surface area (Å²) < 4.78 is 4.88. The van der Waals surface area contributed by atoms with Gasteiger partial charge in [-0.3, -0.25) is 9.59 Å². The molecule has 0 saturated heterocycles. The van der Waals surface area contributed by atoms with Crippen LogP contribution in [-0.4, -0.2) is 30.1 Å². The minimum absolute atomic E-state index is 0.0746. The van der Waals surface area contributed by atoms with Gasteiger partial charge in [-0.05, 0) is 43.6 Å². The number of fused-ring (bicyclic) bond motifs is 2. The Morgan fingerprint density at radius 3 is 2.35 bits per heavy atom. The molecule has 2 N–H and O–H groups in total. The molecule has 0 radical (unpaired) electrons. The van der Waals surface area contributed by atoms with Gasteiger partial charge in [0.2, 0.25) is 5.91 Å². The standard InChI is InChI=1S/C19H23NO5S/c1-4-12-9(2)26-17(15(12)19(24)25-3)20-16(21)13-10-5-7-11(8-6-10)14(13)18(22)23/h5,7,10-11,13-14H,4,6,8H2,1-3H3,(H,20,21)(H,22,23)/t10-,11+,13+,14+/m1/s1. The van der Waals surface area contributed by atoms with E-state index in [0.717, 1.165) is 23.3 Å². The number of ether oxygens (including phenoxy) is 1. The number of anilines is 1. The predicted octanol–water partition coefficient (Wildman–Crippen LogP) is 3.26. The summed E-state index contributed by atoms with van der Waals surface area (Å²) in [5, 5.41) is 12.9. The van der Waals surface area contributed by atoms with Crippen molar-refractivity contribution in [2.75, 3.05) is 12.4 Å². The van der Waals surface area contributed by atoms with Gasteiger partial charge in [-0.2, -0.15) is 0 Å². The Hall–Kier alpha value is -2.15. The molecule has 140 valence electrons. The molecule has 7 heteroatoms. The number of methoxy groups -OCH3 is 1. The molecule has 1 aromatic rings. The average Bonchev–Trinajstić information content (AvgIpc) is 2.95. The van der Waals surface area contributed by atoms with E-state index in [9.17, 15) is 19.5 Å². The number of allylic oxidation sites excluding steroid dienone is 2.